The van der Waals surface area contributed by atoms with Gasteiger partial charge in [0.2, 0.25) is 0 Å². The zero-order valence-corrected chi connectivity index (χ0v) is 13.7. The summed E-state index contributed by atoms with van der Waals surface area (Å²) >= 11 is 0. The van der Waals surface area contributed by atoms with Gasteiger partial charge < -0.3 is 10.0 Å². The van der Waals surface area contributed by atoms with Crippen molar-refractivity contribution in [1.29, 1.82) is 0 Å². The first-order valence-electron chi connectivity index (χ1n) is 8.96. The highest BCUT2D eigenvalue weighted by atomic mass is 16.3. The summed E-state index contributed by atoms with van der Waals surface area (Å²) in [7, 11) is 0. The largest absolute Gasteiger partial charge is 0.396 e. The van der Waals surface area contributed by atoms with Crippen molar-refractivity contribution in [2.75, 3.05) is 39.3 Å². The van der Waals surface area contributed by atoms with Crippen LogP contribution in [-0.2, 0) is 6.42 Å². The van der Waals surface area contributed by atoms with Crippen LogP contribution >= 0.6 is 0 Å². The van der Waals surface area contributed by atoms with E-state index in [0.29, 0.717) is 12.5 Å². The number of aliphatic hydroxyl groups is 1. The second kappa shape index (κ2) is 8.09. The van der Waals surface area contributed by atoms with E-state index in [9.17, 15) is 5.11 Å². The van der Waals surface area contributed by atoms with Gasteiger partial charge in [-0.25, -0.2) is 0 Å². The van der Waals surface area contributed by atoms with E-state index in [4.69, 9.17) is 0 Å². The van der Waals surface area contributed by atoms with Crippen molar-refractivity contribution >= 4 is 0 Å². The van der Waals surface area contributed by atoms with Gasteiger partial charge in [0.1, 0.15) is 0 Å². The fraction of sp³-hybridized carbons (Fsp3) is 0.684. The van der Waals surface area contributed by atoms with Crippen LogP contribution in [0.25, 0.3) is 0 Å². The van der Waals surface area contributed by atoms with Crippen LogP contribution in [0, 0.1) is 5.92 Å². The fourth-order valence-electron chi connectivity index (χ4n) is 4.02. The van der Waals surface area contributed by atoms with Gasteiger partial charge in [-0.05, 0) is 63.2 Å². The quantitative estimate of drug-likeness (QED) is 0.905. The number of aliphatic hydroxyl groups excluding tert-OH is 1. The maximum atomic E-state index is 9.39. The molecule has 1 N–H and O–H groups in total. The molecule has 22 heavy (non-hydrogen) atoms. The molecular formula is C19H30N2O. The van der Waals surface area contributed by atoms with Crippen LogP contribution in [0.4, 0.5) is 0 Å². The van der Waals surface area contributed by atoms with Gasteiger partial charge in [0.25, 0.3) is 0 Å². The van der Waals surface area contributed by atoms with Crippen LogP contribution in [0.5, 0.6) is 0 Å². The van der Waals surface area contributed by atoms with E-state index < -0.39 is 0 Å². The van der Waals surface area contributed by atoms with Crippen molar-refractivity contribution in [1.82, 2.24) is 9.80 Å². The average Bonchev–Trinajstić information content (AvgIpc) is 2.61. The Kier molecular flexibility index (Phi) is 5.88. The van der Waals surface area contributed by atoms with Crippen LogP contribution in [-0.4, -0.2) is 60.3 Å². The van der Waals surface area contributed by atoms with Crippen molar-refractivity contribution in [3.05, 3.63) is 35.9 Å². The lowest BCUT2D eigenvalue weighted by molar-refractivity contribution is 0.0545. The number of piperidine rings is 2. The number of benzene rings is 1. The molecule has 2 heterocycles. The zero-order valence-electron chi connectivity index (χ0n) is 13.7. The molecule has 0 saturated carbocycles. The first kappa shape index (κ1) is 16.0. The first-order valence-corrected chi connectivity index (χ1v) is 8.96. The Balaban J connectivity index is 1.40. The van der Waals surface area contributed by atoms with Crippen molar-refractivity contribution in [3.63, 3.8) is 0 Å². The highest BCUT2D eigenvalue weighted by Crippen LogP contribution is 2.23. The number of hydrogen-bond donors (Lipinski definition) is 1. The van der Waals surface area contributed by atoms with E-state index in [1.54, 1.807) is 0 Å². The predicted octanol–water partition coefficient (Wildman–Crippen LogP) is 2.40. The summed E-state index contributed by atoms with van der Waals surface area (Å²) in [4.78, 5) is 5.27. The second-order valence-corrected chi connectivity index (χ2v) is 6.99. The molecule has 1 aromatic rings. The Morgan fingerprint density at radius 2 is 1.77 bits per heavy atom. The van der Waals surface area contributed by atoms with Crippen molar-refractivity contribution in [2.45, 2.75) is 38.1 Å². The van der Waals surface area contributed by atoms with Gasteiger partial charge in [-0.1, -0.05) is 30.3 Å². The van der Waals surface area contributed by atoms with Crippen molar-refractivity contribution in [3.8, 4) is 0 Å². The van der Waals surface area contributed by atoms with Gasteiger partial charge in [-0.3, -0.25) is 4.90 Å². The average molecular weight is 302 g/mol. The third kappa shape index (κ3) is 4.31. The summed E-state index contributed by atoms with van der Waals surface area (Å²) in [5, 5.41) is 9.39. The number of hydrogen-bond acceptors (Lipinski definition) is 3. The Bertz CT molecular complexity index is 428. The van der Waals surface area contributed by atoms with Gasteiger partial charge in [-0.2, -0.15) is 0 Å². The molecule has 0 spiro atoms. The third-order valence-corrected chi connectivity index (χ3v) is 5.44. The van der Waals surface area contributed by atoms with E-state index in [2.05, 4.69) is 40.1 Å². The van der Waals surface area contributed by atoms with Crippen LogP contribution in [0.15, 0.2) is 30.3 Å². The maximum absolute atomic E-state index is 9.39. The smallest absolute Gasteiger partial charge is 0.0471 e. The molecule has 0 unspecified atom stereocenters. The van der Waals surface area contributed by atoms with Crippen molar-refractivity contribution < 1.29 is 5.11 Å². The standard InChI is InChI=1S/C19H30N2O/c22-16-18-7-4-11-21(15-18)19-9-13-20(14-10-19)12-8-17-5-2-1-3-6-17/h1-3,5-6,18-19,22H,4,7-16H2/t18-/m0/s1. The van der Waals surface area contributed by atoms with Gasteiger partial charge in [0.05, 0.1) is 0 Å². The van der Waals surface area contributed by atoms with E-state index in [1.165, 1.54) is 63.8 Å². The molecule has 2 saturated heterocycles. The topological polar surface area (TPSA) is 26.7 Å². The first-order chi connectivity index (χ1) is 10.8. The van der Waals surface area contributed by atoms with Gasteiger partial charge in [0.15, 0.2) is 0 Å². The van der Waals surface area contributed by atoms with Crippen LogP contribution < -0.4 is 0 Å². The molecule has 3 nitrogen and oxygen atoms in total. The molecular weight excluding hydrogens is 272 g/mol. The predicted molar refractivity (Wildman–Crippen MR) is 91.0 cm³/mol. The normalized spacial score (nSPS) is 25.4. The zero-order chi connectivity index (χ0) is 15.2. The summed E-state index contributed by atoms with van der Waals surface area (Å²) in [6.45, 7) is 6.38. The molecule has 122 valence electrons. The molecule has 1 atom stereocenters. The number of nitrogens with zero attached hydrogens (tertiary/aromatic N) is 2. The molecule has 0 aliphatic carbocycles. The Hall–Kier alpha value is -0.900. The van der Waals surface area contributed by atoms with Crippen LogP contribution in [0.3, 0.4) is 0 Å². The van der Waals surface area contributed by atoms with Crippen LogP contribution in [0.2, 0.25) is 0 Å². The summed E-state index contributed by atoms with van der Waals surface area (Å²) in [6, 6.07) is 11.6. The third-order valence-electron chi connectivity index (χ3n) is 5.44. The lowest BCUT2D eigenvalue weighted by Gasteiger charge is -2.42. The van der Waals surface area contributed by atoms with Gasteiger partial charge in [0, 0.05) is 25.7 Å². The highest BCUT2D eigenvalue weighted by Gasteiger charge is 2.28. The molecule has 0 bridgehead atoms. The molecule has 2 fully saturated rings. The summed E-state index contributed by atoms with van der Waals surface area (Å²) in [6.07, 6.45) is 6.24. The summed E-state index contributed by atoms with van der Waals surface area (Å²) in [5.74, 6) is 0.518. The lowest BCUT2D eigenvalue weighted by atomic mass is 9.94. The minimum atomic E-state index is 0.367. The molecule has 0 radical (unpaired) electrons. The monoisotopic (exact) mass is 302 g/mol. The number of rotatable bonds is 5. The lowest BCUT2D eigenvalue weighted by Crippen LogP contribution is -2.49. The van der Waals surface area contributed by atoms with E-state index in [-0.39, 0.29) is 0 Å². The molecule has 2 aliphatic heterocycles. The summed E-state index contributed by atoms with van der Waals surface area (Å²) in [5.41, 5.74) is 1.45. The minimum absolute atomic E-state index is 0.367. The van der Waals surface area contributed by atoms with E-state index in [1.807, 2.05) is 0 Å². The van der Waals surface area contributed by atoms with Gasteiger partial charge in [-0.15, -0.1) is 0 Å². The number of likely N-dealkylation sites (tertiary alicyclic amines) is 2. The Morgan fingerprint density at radius 1 is 1.00 bits per heavy atom. The molecule has 3 heteroatoms. The van der Waals surface area contributed by atoms with Crippen molar-refractivity contribution in [2.24, 2.45) is 5.92 Å². The molecule has 0 aromatic heterocycles. The highest BCUT2D eigenvalue weighted by molar-refractivity contribution is 5.14. The van der Waals surface area contributed by atoms with E-state index >= 15 is 0 Å². The Labute approximate surface area is 134 Å². The van der Waals surface area contributed by atoms with E-state index in [0.717, 1.165) is 12.6 Å². The Morgan fingerprint density at radius 3 is 2.50 bits per heavy atom. The maximum Gasteiger partial charge on any atom is 0.0471 e. The van der Waals surface area contributed by atoms with Gasteiger partial charge >= 0.3 is 0 Å². The summed E-state index contributed by atoms with van der Waals surface area (Å²) < 4.78 is 0. The molecule has 2 aliphatic rings. The van der Waals surface area contributed by atoms with Crippen LogP contribution in [0.1, 0.15) is 31.2 Å². The molecule has 1 aromatic carbocycles. The fourth-order valence-corrected chi connectivity index (χ4v) is 4.02. The SMILES string of the molecule is OC[C@H]1CCCN(C2CCN(CCc3ccccc3)CC2)C1. The molecule has 3 rings (SSSR count). The second-order valence-electron chi connectivity index (χ2n) is 6.99. The minimum Gasteiger partial charge on any atom is -0.396 e. The molecule has 0 amide bonds.